The van der Waals surface area contributed by atoms with Crippen LogP contribution < -0.4 is 5.32 Å². The molecule has 0 aliphatic carbocycles. The zero-order valence-electron chi connectivity index (χ0n) is 11.3. The molecule has 2 aromatic heterocycles. The van der Waals surface area contributed by atoms with Gasteiger partial charge >= 0.3 is 0 Å². The Labute approximate surface area is 120 Å². The summed E-state index contributed by atoms with van der Waals surface area (Å²) in [7, 11) is 1.87. The number of amides is 1. The van der Waals surface area contributed by atoms with Crippen LogP contribution in [0.4, 0.5) is 0 Å². The number of carbonyl (C=O) groups excluding carboxylic acids is 1. The molecule has 2 N–H and O–H groups in total. The number of hydrogen-bond donors (Lipinski definition) is 2. The molecule has 1 unspecified atom stereocenters. The molecule has 21 heavy (non-hydrogen) atoms. The maximum atomic E-state index is 12.2. The van der Waals surface area contributed by atoms with Crippen molar-refractivity contribution >= 4 is 5.91 Å². The smallest absolute Gasteiger partial charge is 0.293 e. The Morgan fingerprint density at radius 3 is 2.76 bits per heavy atom. The van der Waals surface area contributed by atoms with Crippen molar-refractivity contribution in [1.29, 1.82) is 0 Å². The van der Waals surface area contributed by atoms with Gasteiger partial charge in [-0.25, -0.2) is 4.98 Å². The highest BCUT2D eigenvalue weighted by atomic mass is 16.2. The minimum Gasteiger partial charge on any atom is -0.336 e. The van der Waals surface area contributed by atoms with Gasteiger partial charge in [-0.15, -0.1) is 10.2 Å². The summed E-state index contributed by atoms with van der Waals surface area (Å²) in [6.45, 7) is 0. The SMILES string of the molecule is Cn1ccnc1C(NC(=O)c1nn[nH]n1)c1ccccc1. The molecule has 0 saturated carbocycles. The number of aryl methyl sites for hydroxylation is 1. The highest BCUT2D eigenvalue weighted by Crippen LogP contribution is 2.20. The number of nitrogens with one attached hydrogen (secondary N) is 2. The average molecular weight is 283 g/mol. The number of H-pyrrole nitrogens is 1. The monoisotopic (exact) mass is 283 g/mol. The van der Waals surface area contributed by atoms with Gasteiger partial charge in [-0.3, -0.25) is 4.79 Å². The molecule has 8 heteroatoms. The first-order chi connectivity index (χ1) is 10.3. The Hall–Kier alpha value is -3.03. The molecule has 0 bridgehead atoms. The lowest BCUT2D eigenvalue weighted by Gasteiger charge is -2.18. The molecule has 1 amide bonds. The van der Waals surface area contributed by atoms with Crippen LogP contribution in [0.25, 0.3) is 0 Å². The van der Waals surface area contributed by atoms with E-state index in [0.29, 0.717) is 0 Å². The molecule has 3 aromatic rings. The molecule has 0 aliphatic rings. The molecule has 8 nitrogen and oxygen atoms in total. The predicted molar refractivity (Wildman–Crippen MR) is 73.1 cm³/mol. The summed E-state index contributed by atoms with van der Waals surface area (Å²) >= 11 is 0. The highest BCUT2D eigenvalue weighted by molar-refractivity contribution is 5.90. The standard InChI is InChI=1S/C13H13N7O/c1-20-8-7-14-12(20)10(9-5-3-2-4-6-9)15-13(21)11-16-18-19-17-11/h2-8,10H,1H3,(H,15,21)(H,16,17,18,19). The summed E-state index contributed by atoms with van der Waals surface area (Å²) in [4.78, 5) is 16.5. The maximum absolute atomic E-state index is 12.2. The first kappa shape index (κ1) is 13.0. The fourth-order valence-electron chi connectivity index (χ4n) is 2.05. The number of aromatic nitrogens is 6. The number of benzene rings is 1. The van der Waals surface area contributed by atoms with Crippen molar-refractivity contribution in [3.8, 4) is 0 Å². The summed E-state index contributed by atoms with van der Waals surface area (Å²) in [6, 6.07) is 9.20. The predicted octanol–water partition coefficient (Wildman–Crippen LogP) is 0.453. The zero-order valence-corrected chi connectivity index (χ0v) is 11.3. The van der Waals surface area contributed by atoms with Gasteiger partial charge in [0.2, 0.25) is 0 Å². The topological polar surface area (TPSA) is 101 Å². The van der Waals surface area contributed by atoms with Gasteiger partial charge in [0.05, 0.1) is 0 Å². The Morgan fingerprint density at radius 1 is 1.33 bits per heavy atom. The van der Waals surface area contributed by atoms with Crippen molar-refractivity contribution in [3.63, 3.8) is 0 Å². The Morgan fingerprint density at radius 2 is 2.14 bits per heavy atom. The summed E-state index contributed by atoms with van der Waals surface area (Å²) in [5.74, 6) is 0.295. The Bertz CT molecular complexity index is 720. The van der Waals surface area contributed by atoms with E-state index >= 15 is 0 Å². The van der Waals surface area contributed by atoms with E-state index in [1.54, 1.807) is 6.20 Å². The van der Waals surface area contributed by atoms with Crippen LogP contribution in [0.5, 0.6) is 0 Å². The molecule has 106 valence electrons. The van der Waals surface area contributed by atoms with Crippen LogP contribution in [-0.4, -0.2) is 36.1 Å². The molecule has 0 fully saturated rings. The van der Waals surface area contributed by atoms with E-state index in [1.807, 2.05) is 48.1 Å². The number of imidazole rings is 1. The van der Waals surface area contributed by atoms with Crippen molar-refractivity contribution in [3.05, 3.63) is 59.9 Å². The van der Waals surface area contributed by atoms with E-state index in [9.17, 15) is 4.79 Å². The van der Waals surface area contributed by atoms with E-state index in [4.69, 9.17) is 0 Å². The third kappa shape index (κ3) is 2.64. The summed E-state index contributed by atoms with van der Waals surface area (Å²) in [6.07, 6.45) is 3.51. The lowest BCUT2D eigenvalue weighted by Crippen LogP contribution is -2.31. The van der Waals surface area contributed by atoms with Gasteiger partial charge in [0.15, 0.2) is 0 Å². The van der Waals surface area contributed by atoms with Crippen LogP contribution in [0.3, 0.4) is 0 Å². The van der Waals surface area contributed by atoms with E-state index in [-0.39, 0.29) is 5.82 Å². The van der Waals surface area contributed by atoms with Crippen LogP contribution in [0.2, 0.25) is 0 Å². The molecule has 1 aromatic carbocycles. The molecule has 0 radical (unpaired) electrons. The van der Waals surface area contributed by atoms with Crippen LogP contribution >= 0.6 is 0 Å². The molecular weight excluding hydrogens is 270 g/mol. The Balaban J connectivity index is 1.94. The number of rotatable bonds is 4. The fraction of sp³-hybridized carbons (Fsp3) is 0.154. The van der Waals surface area contributed by atoms with Crippen molar-refractivity contribution in [2.24, 2.45) is 7.05 Å². The zero-order chi connectivity index (χ0) is 14.7. The van der Waals surface area contributed by atoms with Crippen LogP contribution in [0.1, 0.15) is 28.0 Å². The van der Waals surface area contributed by atoms with Crippen molar-refractivity contribution < 1.29 is 4.79 Å². The van der Waals surface area contributed by atoms with E-state index in [0.717, 1.165) is 11.4 Å². The molecule has 3 rings (SSSR count). The maximum Gasteiger partial charge on any atom is 0.293 e. The number of carbonyl (C=O) groups is 1. The van der Waals surface area contributed by atoms with Crippen LogP contribution in [0.15, 0.2) is 42.7 Å². The highest BCUT2D eigenvalue weighted by Gasteiger charge is 2.22. The minimum absolute atomic E-state index is 0.00913. The number of hydrogen-bond acceptors (Lipinski definition) is 5. The van der Waals surface area contributed by atoms with Crippen LogP contribution in [-0.2, 0) is 7.05 Å². The van der Waals surface area contributed by atoms with Gasteiger partial charge in [-0.1, -0.05) is 30.3 Å². The minimum atomic E-state index is -0.416. The van der Waals surface area contributed by atoms with Crippen molar-refractivity contribution in [2.75, 3.05) is 0 Å². The van der Waals surface area contributed by atoms with E-state index in [1.165, 1.54) is 0 Å². The first-order valence-corrected chi connectivity index (χ1v) is 6.32. The molecule has 1 atom stereocenters. The van der Waals surface area contributed by atoms with Gasteiger partial charge in [-0.05, 0) is 10.8 Å². The van der Waals surface area contributed by atoms with E-state index < -0.39 is 11.9 Å². The first-order valence-electron chi connectivity index (χ1n) is 6.32. The molecule has 0 aliphatic heterocycles. The lowest BCUT2D eigenvalue weighted by atomic mass is 10.1. The van der Waals surface area contributed by atoms with Gasteiger partial charge in [-0.2, -0.15) is 5.21 Å². The number of nitrogens with zero attached hydrogens (tertiary/aromatic N) is 5. The normalized spacial score (nSPS) is 12.0. The largest absolute Gasteiger partial charge is 0.336 e. The second kappa shape index (κ2) is 5.53. The summed E-state index contributed by atoms with van der Waals surface area (Å²) < 4.78 is 1.86. The average Bonchev–Trinajstić information content (AvgIpc) is 3.17. The van der Waals surface area contributed by atoms with E-state index in [2.05, 4.69) is 30.9 Å². The summed E-state index contributed by atoms with van der Waals surface area (Å²) in [5, 5.41) is 15.9. The third-order valence-corrected chi connectivity index (χ3v) is 3.07. The number of tetrazole rings is 1. The van der Waals surface area contributed by atoms with Crippen molar-refractivity contribution in [2.45, 2.75) is 6.04 Å². The summed E-state index contributed by atoms with van der Waals surface area (Å²) in [5.41, 5.74) is 0.920. The van der Waals surface area contributed by atoms with Crippen molar-refractivity contribution in [1.82, 2.24) is 35.5 Å². The molecule has 2 heterocycles. The van der Waals surface area contributed by atoms with Gasteiger partial charge in [0.1, 0.15) is 11.9 Å². The number of aromatic amines is 1. The van der Waals surface area contributed by atoms with Gasteiger partial charge in [0.25, 0.3) is 11.7 Å². The Kier molecular flexibility index (Phi) is 3.42. The third-order valence-electron chi connectivity index (χ3n) is 3.07. The van der Waals surface area contributed by atoms with Gasteiger partial charge < -0.3 is 9.88 Å². The lowest BCUT2D eigenvalue weighted by molar-refractivity contribution is 0.0930. The quantitative estimate of drug-likeness (QED) is 0.724. The fourth-order valence-corrected chi connectivity index (χ4v) is 2.05. The molecule has 0 spiro atoms. The second-order valence-corrected chi connectivity index (χ2v) is 4.45. The molecular formula is C13H13N7O. The second-order valence-electron chi connectivity index (χ2n) is 4.45. The molecule has 0 saturated heterocycles. The van der Waals surface area contributed by atoms with Crippen LogP contribution in [0, 0.1) is 0 Å². The van der Waals surface area contributed by atoms with Gasteiger partial charge in [0, 0.05) is 19.4 Å².